The Morgan fingerprint density at radius 1 is 1.37 bits per heavy atom. The first-order valence-electron chi connectivity index (χ1n) is 5.85. The molecule has 0 atom stereocenters. The fourth-order valence-electron chi connectivity index (χ4n) is 1.89. The molecule has 0 saturated carbocycles. The second-order valence-electron chi connectivity index (χ2n) is 4.27. The summed E-state index contributed by atoms with van der Waals surface area (Å²) in [5, 5.41) is 0.538. The number of halogens is 1. The van der Waals surface area contributed by atoms with Crippen molar-refractivity contribution in [1.82, 2.24) is 4.98 Å². The molecule has 0 aliphatic heterocycles. The van der Waals surface area contributed by atoms with E-state index in [-0.39, 0.29) is 0 Å². The van der Waals surface area contributed by atoms with Crippen molar-refractivity contribution in [2.24, 2.45) is 0 Å². The average Bonchev–Trinajstić information content (AvgIpc) is 2.38. The van der Waals surface area contributed by atoms with E-state index in [1.165, 1.54) is 0 Å². The van der Waals surface area contributed by atoms with Crippen LogP contribution in [-0.4, -0.2) is 19.1 Å². The number of anilines is 2. The van der Waals surface area contributed by atoms with Crippen molar-refractivity contribution in [2.45, 2.75) is 6.54 Å². The van der Waals surface area contributed by atoms with Crippen LogP contribution in [0.15, 0.2) is 36.5 Å². The Kier molecular flexibility index (Phi) is 4.12. The molecule has 19 heavy (non-hydrogen) atoms. The molecule has 4 nitrogen and oxygen atoms in total. The number of hydrogen-bond donors (Lipinski definition) is 1. The predicted molar refractivity (Wildman–Crippen MR) is 78.8 cm³/mol. The summed E-state index contributed by atoms with van der Waals surface area (Å²) < 4.78 is 5.21. The maximum Gasteiger partial charge on any atom is 0.151 e. The zero-order chi connectivity index (χ0) is 13.8. The Balaban J connectivity index is 2.17. The molecule has 2 aromatic rings. The quantitative estimate of drug-likeness (QED) is 0.933. The van der Waals surface area contributed by atoms with E-state index >= 15 is 0 Å². The summed E-state index contributed by atoms with van der Waals surface area (Å²) >= 11 is 5.84. The van der Waals surface area contributed by atoms with E-state index < -0.39 is 0 Å². The van der Waals surface area contributed by atoms with E-state index in [1.807, 2.05) is 36.2 Å². The Morgan fingerprint density at radius 2 is 2.16 bits per heavy atom. The minimum absolute atomic E-state index is 0.538. The summed E-state index contributed by atoms with van der Waals surface area (Å²) in [6.07, 6.45) is 1.59. The van der Waals surface area contributed by atoms with Crippen LogP contribution < -0.4 is 15.4 Å². The highest BCUT2D eigenvalue weighted by molar-refractivity contribution is 6.30. The van der Waals surface area contributed by atoms with Crippen molar-refractivity contribution in [3.05, 3.63) is 47.1 Å². The molecule has 0 amide bonds. The average molecular weight is 278 g/mol. The van der Waals surface area contributed by atoms with Gasteiger partial charge < -0.3 is 15.4 Å². The molecule has 0 fully saturated rings. The van der Waals surface area contributed by atoms with Gasteiger partial charge in [-0.25, -0.2) is 4.98 Å². The molecule has 1 heterocycles. The molecule has 0 saturated heterocycles. The van der Waals surface area contributed by atoms with E-state index in [0.717, 1.165) is 11.3 Å². The zero-order valence-corrected chi connectivity index (χ0v) is 11.7. The molecule has 0 bridgehead atoms. The van der Waals surface area contributed by atoms with Gasteiger partial charge in [0.05, 0.1) is 17.8 Å². The standard InChI is InChI=1S/C14H16ClN3O/c1-18(14-13(16)7-11(15)8-17-14)9-10-4-3-5-12(6-10)19-2/h3-8H,9,16H2,1-2H3. The van der Waals surface area contributed by atoms with Gasteiger partial charge >= 0.3 is 0 Å². The van der Waals surface area contributed by atoms with Crippen LogP contribution in [0, 0.1) is 0 Å². The molecule has 100 valence electrons. The second-order valence-corrected chi connectivity index (χ2v) is 4.71. The van der Waals surface area contributed by atoms with Crippen LogP contribution in [0.25, 0.3) is 0 Å². The summed E-state index contributed by atoms with van der Waals surface area (Å²) in [5.41, 5.74) is 7.61. The third-order valence-electron chi connectivity index (χ3n) is 2.78. The molecule has 2 rings (SSSR count). The number of benzene rings is 1. The number of methoxy groups -OCH3 is 1. The highest BCUT2D eigenvalue weighted by Crippen LogP contribution is 2.24. The SMILES string of the molecule is COc1cccc(CN(C)c2ncc(Cl)cc2N)c1. The Hall–Kier alpha value is -1.94. The summed E-state index contributed by atoms with van der Waals surface area (Å²) in [6.45, 7) is 0.691. The van der Waals surface area contributed by atoms with Crippen LogP contribution >= 0.6 is 11.6 Å². The normalized spacial score (nSPS) is 10.3. The number of aromatic nitrogens is 1. The minimum Gasteiger partial charge on any atom is -0.497 e. The number of nitrogens with two attached hydrogens (primary N) is 1. The van der Waals surface area contributed by atoms with E-state index in [2.05, 4.69) is 4.98 Å². The van der Waals surface area contributed by atoms with Gasteiger partial charge in [0, 0.05) is 19.8 Å². The summed E-state index contributed by atoms with van der Waals surface area (Å²) in [5.74, 6) is 1.55. The molecule has 1 aromatic carbocycles. The molecule has 0 spiro atoms. The van der Waals surface area contributed by atoms with Gasteiger partial charge in [-0.1, -0.05) is 23.7 Å². The summed E-state index contributed by atoms with van der Waals surface area (Å²) in [7, 11) is 3.59. The van der Waals surface area contributed by atoms with Gasteiger partial charge in [-0.3, -0.25) is 0 Å². The third kappa shape index (κ3) is 3.29. The van der Waals surface area contributed by atoms with Crippen LogP contribution in [0.4, 0.5) is 11.5 Å². The number of nitrogen functional groups attached to an aromatic ring is 1. The van der Waals surface area contributed by atoms with Gasteiger partial charge in [-0.15, -0.1) is 0 Å². The van der Waals surface area contributed by atoms with Crippen molar-refractivity contribution in [3.8, 4) is 5.75 Å². The summed E-state index contributed by atoms with van der Waals surface area (Å²) in [6, 6.07) is 9.60. The molecular weight excluding hydrogens is 262 g/mol. The maximum absolute atomic E-state index is 5.92. The van der Waals surface area contributed by atoms with Crippen molar-refractivity contribution < 1.29 is 4.74 Å². The van der Waals surface area contributed by atoms with E-state index in [0.29, 0.717) is 23.1 Å². The second kappa shape index (κ2) is 5.80. The molecule has 1 aromatic heterocycles. The highest BCUT2D eigenvalue weighted by Gasteiger charge is 2.08. The maximum atomic E-state index is 5.92. The lowest BCUT2D eigenvalue weighted by atomic mass is 10.2. The Morgan fingerprint density at radius 3 is 2.84 bits per heavy atom. The fraction of sp³-hybridized carbons (Fsp3) is 0.214. The van der Waals surface area contributed by atoms with Crippen LogP contribution in [-0.2, 0) is 6.54 Å². The topological polar surface area (TPSA) is 51.4 Å². The predicted octanol–water partition coefficient (Wildman–Crippen LogP) is 2.96. The molecule has 2 N–H and O–H groups in total. The monoisotopic (exact) mass is 277 g/mol. The van der Waals surface area contributed by atoms with Gasteiger partial charge in [0.25, 0.3) is 0 Å². The number of rotatable bonds is 4. The molecule has 0 aliphatic rings. The third-order valence-corrected chi connectivity index (χ3v) is 2.98. The van der Waals surface area contributed by atoms with Gasteiger partial charge in [0.1, 0.15) is 5.75 Å². The smallest absolute Gasteiger partial charge is 0.151 e. The van der Waals surface area contributed by atoms with E-state index in [1.54, 1.807) is 19.4 Å². The van der Waals surface area contributed by atoms with Crippen molar-refractivity contribution >= 4 is 23.1 Å². The minimum atomic E-state index is 0.538. The Labute approximate surface area is 117 Å². The zero-order valence-electron chi connectivity index (χ0n) is 10.9. The van der Waals surface area contributed by atoms with Crippen LogP contribution in [0.1, 0.15) is 5.56 Å². The molecular formula is C14H16ClN3O. The van der Waals surface area contributed by atoms with Gasteiger partial charge in [-0.05, 0) is 23.8 Å². The first kappa shape index (κ1) is 13.5. The van der Waals surface area contributed by atoms with Crippen molar-refractivity contribution in [1.29, 1.82) is 0 Å². The van der Waals surface area contributed by atoms with Gasteiger partial charge in [0.15, 0.2) is 5.82 Å². The van der Waals surface area contributed by atoms with E-state index in [9.17, 15) is 0 Å². The lowest BCUT2D eigenvalue weighted by Gasteiger charge is -2.20. The van der Waals surface area contributed by atoms with Gasteiger partial charge in [-0.2, -0.15) is 0 Å². The van der Waals surface area contributed by atoms with Crippen LogP contribution in [0.2, 0.25) is 5.02 Å². The molecule has 5 heteroatoms. The first-order chi connectivity index (χ1) is 9.10. The highest BCUT2D eigenvalue weighted by atomic mass is 35.5. The molecule has 0 radical (unpaired) electrons. The van der Waals surface area contributed by atoms with Gasteiger partial charge in [0.2, 0.25) is 0 Å². The number of nitrogens with zero attached hydrogens (tertiary/aromatic N) is 2. The number of ether oxygens (including phenoxy) is 1. The van der Waals surface area contributed by atoms with Crippen molar-refractivity contribution in [3.63, 3.8) is 0 Å². The fourth-order valence-corrected chi connectivity index (χ4v) is 2.05. The lowest BCUT2D eigenvalue weighted by molar-refractivity contribution is 0.414. The van der Waals surface area contributed by atoms with Crippen molar-refractivity contribution in [2.75, 3.05) is 24.8 Å². The largest absolute Gasteiger partial charge is 0.497 e. The van der Waals surface area contributed by atoms with E-state index in [4.69, 9.17) is 22.1 Å². The Bertz CT molecular complexity index is 574. The molecule has 0 aliphatic carbocycles. The number of hydrogen-bond acceptors (Lipinski definition) is 4. The number of pyridine rings is 1. The van der Waals surface area contributed by atoms with Crippen LogP contribution in [0.5, 0.6) is 5.75 Å². The first-order valence-corrected chi connectivity index (χ1v) is 6.23. The molecule has 0 unspecified atom stereocenters. The summed E-state index contributed by atoms with van der Waals surface area (Å²) in [4.78, 5) is 6.23. The lowest BCUT2D eigenvalue weighted by Crippen LogP contribution is -2.19. The van der Waals surface area contributed by atoms with Crippen LogP contribution in [0.3, 0.4) is 0 Å².